The molecule has 0 bridgehead atoms. The van der Waals surface area contributed by atoms with Gasteiger partial charge in [0, 0.05) is 4.47 Å². The lowest BCUT2D eigenvalue weighted by atomic mass is 9.82. The first kappa shape index (κ1) is 21.4. The molecule has 166 valence electrons. The molecule has 0 aliphatic heterocycles. The molecule has 0 aliphatic rings. The number of halogens is 1. The van der Waals surface area contributed by atoms with Crippen LogP contribution >= 0.6 is 15.9 Å². The SMILES string of the molecule is [B]c1ccc2c(-c3ccc4ccccc4c3)c(-c3ccc4ccccc4c3)c3ccc(Br)cc3c2c1. The molecule has 7 aromatic rings. The van der Waals surface area contributed by atoms with Gasteiger partial charge in [-0.25, -0.2) is 0 Å². The maximum atomic E-state index is 6.32. The number of fused-ring (bicyclic) bond motifs is 5. The van der Waals surface area contributed by atoms with Crippen molar-refractivity contribution >= 4 is 72.3 Å². The minimum Gasteiger partial charge on any atom is -0.0960 e. The van der Waals surface area contributed by atoms with Crippen molar-refractivity contribution in [1.82, 2.24) is 0 Å². The molecule has 36 heavy (non-hydrogen) atoms. The smallest absolute Gasteiger partial charge is 0.0960 e. The van der Waals surface area contributed by atoms with Gasteiger partial charge in [-0.1, -0.05) is 118 Å². The van der Waals surface area contributed by atoms with Crippen LogP contribution in [0.3, 0.4) is 0 Å². The van der Waals surface area contributed by atoms with Gasteiger partial charge in [0.25, 0.3) is 0 Å². The first-order valence-electron chi connectivity index (χ1n) is 12.1. The molecule has 0 atom stereocenters. The average molecular weight is 519 g/mol. The third-order valence-electron chi connectivity index (χ3n) is 7.18. The fourth-order valence-corrected chi connectivity index (χ4v) is 5.88. The fraction of sp³-hybridized carbons (Fsp3) is 0. The lowest BCUT2D eigenvalue weighted by Crippen LogP contribution is -2.01. The van der Waals surface area contributed by atoms with E-state index in [0.29, 0.717) is 0 Å². The molecule has 0 aromatic heterocycles. The monoisotopic (exact) mass is 518 g/mol. The number of benzene rings is 7. The van der Waals surface area contributed by atoms with Gasteiger partial charge in [0.1, 0.15) is 7.85 Å². The summed E-state index contributed by atoms with van der Waals surface area (Å²) in [7, 11) is 6.32. The van der Waals surface area contributed by atoms with E-state index in [9.17, 15) is 0 Å². The van der Waals surface area contributed by atoms with E-state index in [1.54, 1.807) is 0 Å². The van der Waals surface area contributed by atoms with Crippen molar-refractivity contribution in [3.8, 4) is 22.3 Å². The molecular weight excluding hydrogens is 499 g/mol. The van der Waals surface area contributed by atoms with Crippen molar-refractivity contribution in [2.45, 2.75) is 0 Å². The second-order valence-electron chi connectivity index (χ2n) is 9.37. The van der Waals surface area contributed by atoms with Gasteiger partial charge in [-0.05, 0) is 89.6 Å². The van der Waals surface area contributed by atoms with Gasteiger partial charge in [0.2, 0.25) is 0 Å². The van der Waals surface area contributed by atoms with Gasteiger partial charge in [-0.2, -0.15) is 0 Å². The molecule has 2 heteroatoms. The van der Waals surface area contributed by atoms with Gasteiger partial charge in [0.05, 0.1) is 0 Å². The standard InChI is InChI=1S/C34H20BBr/c35-27-13-15-29-31(19-27)32-20-28(36)14-16-30(32)34(26-12-10-22-6-2-4-8-24(22)18-26)33(29)25-11-9-21-5-1-3-7-23(21)17-25/h1-20H. The van der Waals surface area contributed by atoms with E-state index in [-0.39, 0.29) is 0 Å². The van der Waals surface area contributed by atoms with Crippen LogP contribution in [0.5, 0.6) is 0 Å². The molecule has 0 amide bonds. The second kappa shape index (κ2) is 8.36. The van der Waals surface area contributed by atoms with E-state index < -0.39 is 0 Å². The van der Waals surface area contributed by atoms with Crippen LogP contribution in [0.1, 0.15) is 0 Å². The summed E-state index contributed by atoms with van der Waals surface area (Å²) in [5.74, 6) is 0. The third kappa shape index (κ3) is 3.45. The van der Waals surface area contributed by atoms with Crippen LogP contribution in [0.4, 0.5) is 0 Å². The molecule has 0 saturated carbocycles. The lowest BCUT2D eigenvalue weighted by Gasteiger charge is -2.20. The van der Waals surface area contributed by atoms with Gasteiger partial charge < -0.3 is 0 Å². The fourth-order valence-electron chi connectivity index (χ4n) is 5.52. The van der Waals surface area contributed by atoms with E-state index in [2.05, 4.69) is 131 Å². The third-order valence-corrected chi connectivity index (χ3v) is 7.67. The van der Waals surface area contributed by atoms with Gasteiger partial charge in [-0.15, -0.1) is 0 Å². The normalized spacial score (nSPS) is 11.6. The average Bonchev–Trinajstić information content (AvgIpc) is 2.92. The Balaban J connectivity index is 1.68. The van der Waals surface area contributed by atoms with Gasteiger partial charge in [-0.3, -0.25) is 0 Å². The number of rotatable bonds is 2. The van der Waals surface area contributed by atoms with Crippen LogP contribution < -0.4 is 5.46 Å². The summed E-state index contributed by atoms with van der Waals surface area (Å²) >= 11 is 3.71. The van der Waals surface area contributed by atoms with Crippen molar-refractivity contribution < 1.29 is 0 Å². The van der Waals surface area contributed by atoms with Crippen LogP contribution in [0.25, 0.3) is 65.3 Å². The van der Waals surface area contributed by atoms with E-state index >= 15 is 0 Å². The molecule has 0 aliphatic carbocycles. The summed E-state index contributed by atoms with van der Waals surface area (Å²) in [5.41, 5.74) is 5.67. The lowest BCUT2D eigenvalue weighted by molar-refractivity contribution is 1.65. The summed E-state index contributed by atoms with van der Waals surface area (Å²) in [5, 5.41) is 9.74. The van der Waals surface area contributed by atoms with E-state index in [0.717, 1.165) is 9.94 Å². The zero-order valence-corrected chi connectivity index (χ0v) is 21.1. The number of hydrogen-bond acceptors (Lipinski definition) is 0. The first-order chi connectivity index (χ1) is 17.7. The summed E-state index contributed by atoms with van der Waals surface area (Å²) in [6, 6.07) is 43.6. The van der Waals surface area contributed by atoms with Crippen LogP contribution in [-0.4, -0.2) is 7.85 Å². The Hall–Kier alpha value is -3.88. The maximum absolute atomic E-state index is 6.32. The highest BCUT2D eigenvalue weighted by atomic mass is 79.9. The molecule has 2 radical (unpaired) electrons. The Kier molecular flexibility index (Phi) is 4.97. The molecule has 0 fully saturated rings. The van der Waals surface area contributed by atoms with Crippen molar-refractivity contribution in [2.24, 2.45) is 0 Å². The zero-order chi connectivity index (χ0) is 24.2. The van der Waals surface area contributed by atoms with Crippen molar-refractivity contribution in [1.29, 1.82) is 0 Å². The summed E-state index contributed by atoms with van der Waals surface area (Å²) in [4.78, 5) is 0. The minimum atomic E-state index is 0.770. The predicted octanol–water partition coefficient (Wildman–Crippen LogP) is 9.19. The summed E-state index contributed by atoms with van der Waals surface area (Å²) in [6.07, 6.45) is 0. The Labute approximate surface area is 219 Å². The van der Waals surface area contributed by atoms with Crippen molar-refractivity contribution in [3.63, 3.8) is 0 Å². The van der Waals surface area contributed by atoms with Crippen LogP contribution in [0.2, 0.25) is 0 Å². The van der Waals surface area contributed by atoms with E-state index in [1.807, 2.05) is 6.07 Å². The molecule has 0 N–H and O–H groups in total. The van der Waals surface area contributed by atoms with Crippen LogP contribution in [-0.2, 0) is 0 Å². The molecule has 0 unspecified atom stereocenters. The molecule has 7 rings (SSSR count). The largest absolute Gasteiger partial charge is 0.113 e. The predicted molar refractivity (Wildman–Crippen MR) is 160 cm³/mol. The quantitative estimate of drug-likeness (QED) is 0.158. The molecule has 0 saturated heterocycles. The van der Waals surface area contributed by atoms with Gasteiger partial charge >= 0.3 is 0 Å². The first-order valence-corrected chi connectivity index (χ1v) is 12.9. The van der Waals surface area contributed by atoms with E-state index in [1.165, 1.54) is 65.3 Å². The van der Waals surface area contributed by atoms with Crippen LogP contribution in [0, 0.1) is 0 Å². The Morgan fingerprint density at radius 1 is 0.417 bits per heavy atom. The second-order valence-corrected chi connectivity index (χ2v) is 10.3. The van der Waals surface area contributed by atoms with E-state index in [4.69, 9.17) is 7.85 Å². The zero-order valence-electron chi connectivity index (χ0n) is 19.5. The highest BCUT2D eigenvalue weighted by Gasteiger charge is 2.18. The van der Waals surface area contributed by atoms with Crippen molar-refractivity contribution in [3.05, 3.63) is 126 Å². The molecule has 0 heterocycles. The molecule has 0 nitrogen and oxygen atoms in total. The van der Waals surface area contributed by atoms with Crippen molar-refractivity contribution in [2.75, 3.05) is 0 Å². The molecule has 7 aromatic carbocycles. The van der Waals surface area contributed by atoms with Gasteiger partial charge in [0.15, 0.2) is 0 Å². The summed E-state index contributed by atoms with van der Waals surface area (Å²) in [6.45, 7) is 0. The minimum absolute atomic E-state index is 0.770. The topological polar surface area (TPSA) is 0 Å². The Bertz CT molecular complexity index is 1830. The summed E-state index contributed by atoms with van der Waals surface area (Å²) < 4.78 is 1.06. The highest BCUT2D eigenvalue weighted by Crippen LogP contribution is 2.45. The maximum Gasteiger partial charge on any atom is 0.113 e. The Morgan fingerprint density at radius 3 is 1.50 bits per heavy atom. The highest BCUT2D eigenvalue weighted by molar-refractivity contribution is 9.10. The molecule has 0 spiro atoms. The van der Waals surface area contributed by atoms with Crippen LogP contribution in [0.15, 0.2) is 126 Å². The Morgan fingerprint density at radius 2 is 0.917 bits per heavy atom. The number of hydrogen-bond donors (Lipinski definition) is 0. The molecular formula is C34H20BBr.